The average Bonchev–Trinajstić information content (AvgIpc) is 3.74. The molecule has 1 aliphatic carbocycles. The number of carbonyl (C=O) groups excluding carboxylic acids is 6. The number of amides is 4. The quantitative estimate of drug-likeness (QED) is 0.238. The Morgan fingerprint density at radius 2 is 1.79 bits per heavy atom. The van der Waals surface area contributed by atoms with Gasteiger partial charge in [-0.2, -0.15) is 0 Å². The van der Waals surface area contributed by atoms with E-state index in [9.17, 15) is 28.8 Å². The van der Waals surface area contributed by atoms with Crippen LogP contribution in [0.2, 0.25) is 0 Å². The van der Waals surface area contributed by atoms with E-state index in [0.29, 0.717) is 38.1 Å². The van der Waals surface area contributed by atoms with Crippen molar-refractivity contribution in [2.75, 3.05) is 19.6 Å². The van der Waals surface area contributed by atoms with Crippen LogP contribution in [0.4, 0.5) is 0 Å². The third-order valence-corrected chi connectivity index (χ3v) is 8.61. The SMILES string of the molecule is Cc1cc(C(=O)N[C@H](C(=O)N2CCCC2C(=O)CN[C@@H](C[C@@H]2CCNC2=O)C(=O)C(=O)NC(C)C)C2CCCCC2)no1. The van der Waals surface area contributed by atoms with Gasteiger partial charge in [-0.3, -0.25) is 34.1 Å². The lowest BCUT2D eigenvalue weighted by Crippen LogP contribution is -2.56. The van der Waals surface area contributed by atoms with Crippen LogP contribution in [-0.4, -0.2) is 89.1 Å². The number of nitrogens with one attached hydrogen (secondary N) is 4. The van der Waals surface area contributed by atoms with E-state index < -0.39 is 41.6 Å². The molecule has 3 fully saturated rings. The number of hydrogen-bond acceptors (Lipinski definition) is 9. The molecule has 0 aromatic carbocycles. The third kappa shape index (κ3) is 8.27. The summed E-state index contributed by atoms with van der Waals surface area (Å²) in [6.45, 7) is 5.78. The lowest BCUT2D eigenvalue weighted by Gasteiger charge is -2.34. The van der Waals surface area contributed by atoms with Gasteiger partial charge in [0.2, 0.25) is 17.6 Å². The zero-order valence-corrected chi connectivity index (χ0v) is 25.3. The van der Waals surface area contributed by atoms with Crippen LogP contribution < -0.4 is 21.3 Å². The largest absolute Gasteiger partial charge is 0.361 e. The molecule has 43 heavy (non-hydrogen) atoms. The fourth-order valence-corrected chi connectivity index (χ4v) is 6.35. The Kier molecular flexibility index (Phi) is 11.1. The van der Waals surface area contributed by atoms with Gasteiger partial charge in [-0.15, -0.1) is 0 Å². The van der Waals surface area contributed by atoms with Gasteiger partial charge in [0.15, 0.2) is 11.5 Å². The molecule has 2 aliphatic heterocycles. The molecule has 4 N–H and O–H groups in total. The number of nitrogens with zero attached hydrogens (tertiary/aromatic N) is 2. The van der Waals surface area contributed by atoms with Gasteiger partial charge in [0.25, 0.3) is 11.8 Å². The van der Waals surface area contributed by atoms with Crippen LogP contribution in [-0.2, 0) is 24.0 Å². The molecule has 0 radical (unpaired) electrons. The third-order valence-electron chi connectivity index (χ3n) is 8.61. The Morgan fingerprint density at radius 1 is 1.05 bits per heavy atom. The maximum Gasteiger partial charge on any atom is 0.289 e. The van der Waals surface area contributed by atoms with Crippen molar-refractivity contribution < 1.29 is 33.3 Å². The fourth-order valence-electron chi connectivity index (χ4n) is 6.35. The predicted octanol–water partition coefficient (Wildman–Crippen LogP) is 0.800. The number of likely N-dealkylation sites (tertiary alicyclic amines) is 1. The van der Waals surface area contributed by atoms with Gasteiger partial charge in [0.1, 0.15) is 11.8 Å². The van der Waals surface area contributed by atoms with Crippen molar-refractivity contribution in [1.82, 2.24) is 31.3 Å². The molecule has 1 unspecified atom stereocenters. The standard InChI is InChI=1S/C30H44N6O7/c1-17(2)33-29(41)26(38)21(15-20-11-12-31-27(20)39)32-16-24(37)23-10-7-13-36(23)30(42)25(19-8-5-4-6-9-19)34-28(40)22-14-18(3)43-35-22/h14,17,19-21,23,25,32H,4-13,15-16H2,1-3H3,(H,31,39)(H,33,41)(H,34,40)/t20-,21-,23?,25-/m0/s1. The molecule has 2 saturated heterocycles. The lowest BCUT2D eigenvalue weighted by molar-refractivity contribution is -0.141. The Bertz CT molecular complexity index is 1210. The maximum atomic E-state index is 14.0. The Balaban J connectivity index is 1.45. The van der Waals surface area contributed by atoms with Crippen LogP contribution in [0.25, 0.3) is 0 Å². The summed E-state index contributed by atoms with van der Waals surface area (Å²) >= 11 is 0. The molecular formula is C30H44N6O7. The first-order chi connectivity index (χ1) is 20.5. The first-order valence-corrected chi connectivity index (χ1v) is 15.5. The molecule has 4 rings (SSSR count). The van der Waals surface area contributed by atoms with Gasteiger partial charge in [-0.05, 0) is 65.2 Å². The van der Waals surface area contributed by atoms with Crippen molar-refractivity contribution in [2.24, 2.45) is 11.8 Å². The number of ketones is 2. The van der Waals surface area contributed by atoms with Crippen molar-refractivity contribution in [3.63, 3.8) is 0 Å². The van der Waals surface area contributed by atoms with Crippen LogP contribution >= 0.6 is 0 Å². The summed E-state index contributed by atoms with van der Waals surface area (Å²) < 4.78 is 5.04. The number of aryl methyl sites for hydroxylation is 1. The highest BCUT2D eigenvalue weighted by atomic mass is 16.5. The summed E-state index contributed by atoms with van der Waals surface area (Å²) in [6.07, 6.45) is 6.28. The molecule has 0 spiro atoms. The Labute approximate surface area is 251 Å². The molecule has 4 atom stereocenters. The molecule has 13 nitrogen and oxygen atoms in total. The minimum absolute atomic E-state index is 0.0632. The van der Waals surface area contributed by atoms with Crippen LogP contribution in [0.5, 0.6) is 0 Å². The van der Waals surface area contributed by atoms with E-state index in [0.717, 1.165) is 32.1 Å². The minimum atomic E-state index is -1.03. The normalized spacial score (nSPS) is 22.2. The lowest BCUT2D eigenvalue weighted by atomic mass is 9.83. The van der Waals surface area contributed by atoms with Gasteiger partial charge in [-0.1, -0.05) is 24.4 Å². The second-order valence-corrected chi connectivity index (χ2v) is 12.3. The Hall–Kier alpha value is -3.61. The van der Waals surface area contributed by atoms with E-state index in [1.165, 1.54) is 6.07 Å². The zero-order chi connectivity index (χ0) is 31.1. The molecule has 4 amide bonds. The van der Waals surface area contributed by atoms with Gasteiger partial charge < -0.3 is 25.4 Å². The van der Waals surface area contributed by atoms with Crippen molar-refractivity contribution >= 4 is 35.2 Å². The molecule has 0 bridgehead atoms. The number of aromatic nitrogens is 1. The van der Waals surface area contributed by atoms with E-state index in [1.54, 1.807) is 25.7 Å². The summed E-state index contributed by atoms with van der Waals surface area (Å²) in [5.41, 5.74) is 0.0949. The zero-order valence-electron chi connectivity index (χ0n) is 25.3. The smallest absolute Gasteiger partial charge is 0.289 e. The summed E-state index contributed by atoms with van der Waals surface area (Å²) in [5, 5.41) is 14.9. The molecule has 1 aromatic rings. The second kappa shape index (κ2) is 14.7. The van der Waals surface area contributed by atoms with Gasteiger partial charge in [0.05, 0.1) is 18.6 Å². The predicted molar refractivity (Wildman–Crippen MR) is 155 cm³/mol. The van der Waals surface area contributed by atoms with Gasteiger partial charge in [0, 0.05) is 31.1 Å². The monoisotopic (exact) mass is 600 g/mol. The molecule has 3 heterocycles. The second-order valence-electron chi connectivity index (χ2n) is 12.3. The minimum Gasteiger partial charge on any atom is -0.361 e. The van der Waals surface area contributed by atoms with Gasteiger partial charge >= 0.3 is 0 Å². The van der Waals surface area contributed by atoms with E-state index >= 15 is 0 Å². The number of carbonyl (C=O) groups is 6. The van der Waals surface area contributed by atoms with E-state index in [1.807, 2.05) is 0 Å². The van der Waals surface area contributed by atoms with Crippen molar-refractivity contribution in [1.29, 1.82) is 0 Å². The summed E-state index contributed by atoms with van der Waals surface area (Å²) in [5.74, 6) is -2.80. The molecular weight excluding hydrogens is 556 g/mol. The van der Waals surface area contributed by atoms with E-state index in [2.05, 4.69) is 26.4 Å². The summed E-state index contributed by atoms with van der Waals surface area (Å²) in [6, 6.07) is -1.30. The molecule has 236 valence electrons. The van der Waals surface area contributed by atoms with E-state index in [-0.39, 0.29) is 48.2 Å². The van der Waals surface area contributed by atoms with Crippen LogP contribution in [0.1, 0.15) is 87.9 Å². The van der Waals surface area contributed by atoms with Crippen molar-refractivity contribution in [3.05, 3.63) is 17.5 Å². The maximum absolute atomic E-state index is 14.0. The highest BCUT2D eigenvalue weighted by Crippen LogP contribution is 2.30. The van der Waals surface area contributed by atoms with Crippen LogP contribution in [0.3, 0.4) is 0 Å². The van der Waals surface area contributed by atoms with Crippen LogP contribution in [0.15, 0.2) is 10.6 Å². The number of Topliss-reactive ketones (excluding diaryl/α,β-unsaturated/α-hetero) is 2. The molecule has 3 aliphatic rings. The number of hydrogen-bond donors (Lipinski definition) is 4. The molecule has 1 saturated carbocycles. The highest BCUT2D eigenvalue weighted by molar-refractivity contribution is 6.38. The number of rotatable bonds is 13. The summed E-state index contributed by atoms with van der Waals surface area (Å²) in [7, 11) is 0. The van der Waals surface area contributed by atoms with Crippen LogP contribution in [0, 0.1) is 18.8 Å². The average molecular weight is 601 g/mol. The molecule has 1 aromatic heterocycles. The Morgan fingerprint density at radius 3 is 2.42 bits per heavy atom. The van der Waals surface area contributed by atoms with Crippen molar-refractivity contribution in [2.45, 2.75) is 103 Å². The first-order valence-electron chi connectivity index (χ1n) is 15.5. The van der Waals surface area contributed by atoms with E-state index in [4.69, 9.17) is 4.52 Å². The topological polar surface area (TPSA) is 180 Å². The first kappa shape index (κ1) is 32.3. The summed E-state index contributed by atoms with van der Waals surface area (Å²) in [4.78, 5) is 79.8. The van der Waals surface area contributed by atoms with Gasteiger partial charge in [-0.25, -0.2) is 0 Å². The fraction of sp³-hybridized carbons (Fsp3) is 0.700. The molecule has 13 heteroatoms. The highest BCUT2D eigenvalue weighted by Gasteiger charge is 2.41. The van der Waals surface area contributed by atoms with Crippen molar-refractivity contribution in [3.8, 4) is 0 Å².